The molecule has 0 aliphatic heterocycles. The number of aromatic nitrogens is 2. The number of nitrogens with one attached hydrogen (secondary N) is 1. The lowest BCUT2D eigenvalue weighted by atomic mass is 10.1. The second-order valence-electron chi connectivity index (χ2n) is 5.29. The minimum absolute atomic E-state index is 0.111. The number of amides is 1. The van der Waals surface area contributed by atoms with Gasteiger partial charge < -0.3 is 5.32 Å². The topological polar surface area (TPSA) is 54.9 Å². The molecule has 7 heteroatoms. The van der Waals surface area contributed by atoms with Crippen molar-refractivity contribution in [2.75, 3.05) is 5.32 Å². The van der Waals surface area contributed by atoms with E-state index in [4.69, 9.17) is 11.6 Å². The summed E-state index contributed by atoms with van der Waals surface area (Å²) in [6.07, 6.45) is 0. The van der Waals surface area contributed by atoms with Crippen molar-refractivity contribution in [3.8, 4) is 0 Å². The first-order chi connectivity index (χ1) is 11.3. The van der Waals surface area contributed by atoms with Crippen molar-refractivity contribution in [1.29, 1.82) is 0 Å². The zero-order chi connectivity index (χ0) is 17.4. The standard InChI is InChI=1S/C17H12BrClFN3O/c1-8-9(2)22-16-12(6-11(20)7-15(16)21-8)17(24)23-14-4-3-10(18)5-13(14)19/h3-7H,1-2H3,(H,23,24). The molecular formula is C17H12BrClFN3O. The molecule has 122 valence electrons. The number of rotatable bonds is 2. The van der Waals surface area contributed by atoms with Crippen molar-refractivity contribution in [3.05, 3.63) is 62.6 Å². The number of carbonyl (C=O) groups is 1. The summed E-state index contributed by atoms with van der Waals surface area (Å²) < 4.78 is 14.7. The summed E-state index contributed by atoms with van der Waals surface area (Å²) in [5.41, 5.74) is 2.61. The van der Waals surface area contributed by atoms with Gasteiger partial charge in [-0.3, -0.25) is 4.79 Å². The molecule has 0 aliphatic rings. The Hall–Kier alpha value is -2.05. The molecule has 0 atom stereocenters. The normalized spacial score (nSPS) is 10.9. The lowest BCUT2D eigenvalue weighted by Gasteiger charge is -2.10. The number of hydrogen-bond acceptors (Lipinski definition) is 3. The minimum atomic E-state index is -0.549. The lowest BCUT2D eigenvalue weighted by molar-refractivity contribution is 0.102. The van der Waals surface area contributed by atoms with E-state index in [9.17, 15) is 9.18 Å². The van der Waals surface area contributed by atoms with Gasteiger partial charge in [-0.15, -0.1) is 0 Å². The van der Waals surface area contributed by atoms with Gasteiger partial charge in [-0.1, -0.05) is 27.5 Å². The first-order valence-electron chi connectivity index (χ1n) is 7.06. The lowest BCUT2D eigenvalue weighted by Crippen LogP contribution is -2.14. The zero-order valence-corrected chi connectivity index (χ0v) is 15.2. The number of anilines is 1. The highest BCUT2D eigenvalue weighted by Crippen LogP contribution is 2.27. The van der Waals surface area contributed by atoms with Crippen LogP contribution in [0.25, 0.3) is 11.0 Å². The van der Waals surface area contributed by atoms with Crippen molar-refractivity contribution in [3.63, 3.8) is 0 Å². The summed E-state index contributed by atoms with van der Waals surface area (Å²) in [5.74, 6) is -1.05. The fourth-order valence-electron chi connectivity index (χ4n) is 2.25. The van der Waals surface area contributed by atoms with Crippen LogP contribution in [0.3, 0.4) is 0 Å². The molecule has 24 heavy (non-hydrogen) atoms. The minimum Gasteiger partial charge on any atom is -0.321 e. The molecule has 0 saturated carbocycles. The van der Waals surface area contributed by atoms with Gasteiger partial charge in [0.05, 0.1) is 33.2 Å². The molecule has 4 nitrogen and oxygen atoms in total. The first-order valence-corrected chi connectivity index (χ1v) is 8.23. The molecule has 3 aromatic rings. The smallest absolute Gasteiger partial charge is 0.258 e. The second-order valence-corrected chi connectivity index (χ2v) is 6.62. The Morgan fingerprint density at radius 2 is 1.88 bits per heavy atom. The van der Waals surface area contributed by atoms with Crippen molar-refractivity contribution in [2.45, 2.75) is 13.8 Å². The Labute approximate surface area is 151 Å². The average Bonchev–Trinajstić information content (AvgIpc) is 2.51. The molecule has 2 aromatic carbocycles. The maximum Gasteiger partial charge on any atom is 0.258 e. The van der Waals surface area contributed by atoms with Crippen LogP contribution in [0.5, 0.6) is 0 Å². The third-order valence-corrected chi connectivity index (χ3v) is 4.38. The molecule has 1 N–H and O–H groups in total. The Kier molecular flexibility index (Phi) is 4.51. The Bertz CT molecular complexity index is 978. The van der Waals surface area contributed by atoms with Gasteiger partial charge in [0.2, 0.25) is 0 Å². The molecular weight excluding hydrogens is 397 g/mol. The van der Waals surface area contributed by atoms with E-state index in [-0.39, 0.29) is 5.56 Å². The van der Waals surface area contributed by atoms with Crippen molar-refractivity contribution in [2.24, 2.45) is 0 Å². The van der Waals surface area contributed by atoms with Gasteiger partial charge in [0.25, 0.3) is 5.91 Å². The summed E-state index contributed by atoms with van der Waals surface area (Å²) in [4.78, 5) is 21.3. The number of benzene rings is 2. The van der Waals surface area contributed by atoms with Crippen LogP contribution in [0.15, 0.2) is 34.8 Å². The quantitative estimate of drug-likeness (QED) is 0.645. The highest BCUT2D eigenvalue weighted by molar-refractivity contribution is 9.10. The van der Waals surface area contributed by atoms with E-state index in [2.05, 4.69) is 31.2 Å². The average molecular weight is 409 g/mol. The van der Waals surface area contributed by atoms with E-state index < -0.39 is 11.7 Å². The first kappa shape index (κ1) is 16.8. The van der Waals surface area contributed by atoms with E-state index in [1.165, 1.54) is 6.07 Å². The maximum absolute atomic E-state index is 13.9. The Morgan fingerprint density at radius 3 is 2.58 bits per heavy atom. The third-order valence-electron chi connectivity index (χ3n) is 3.57. The highest BCUT2D eigenvalue weighted by atomic mass is 79.9. The van der Waals surface area contributed by atoms with Crippen LogP contribution in [-0.4, -0.2) is 15.9 Å². The van der Waals surface area contributed by atoms with Crippen LogP contribution in [-0.2, 0) is 0 Å². The molecule has 0 saturated heterocycles. The molecule has 0 bridgehead atoms. The van der Waals surface area contributed by atoms with Crippen molar-refractivity contribution in [1.82, 2.24) is 9.97 Å². The monoisotopic (exact) mass is 407 g/mol. The van der Waals surface area contributed by atoms with Gasteiger partial charge in [0.1, 0.15) is 11.3 Å². The van der Waals surface area contributed by atoms with E-state index >= 15 is 0 Å². The fraction of sp³-hybridized carbons (Fsp3) is 0.118. The van der Waals surface area contributed by atoms with Gasteiger partial charge in [-0.25, -0.2) is 14.4 Å². The Morgan fingerprint density at radius 1 is 1.17 bits per heavy atom. The van der Waals surface area contributed by atoms with E-state index in [1.54, 1.807) is 32.0 Å². The number of fused-ring (bicyclic) bond motifs is 1. The predicted octanol–water partition coefficient (Wildman–Crippen LogP) is 5.05. The third kappa shape index (κ3) is 3.25. The van der Waals surface area contributed by atoms with Gasteiger partial charge in [-0.2, -0.15) is 0 Å². The molecule has 0 aliphatic carbocycles. The fourth-order valence-corrected chi connectivity index (χ4v) is 2.97. The Balaban J connectivity index is 2.07. The van der Waals surface area contributed by atoms with Gasteiger partial charge in [0, 0.05) is 10.5 Å². The molecule has 1 amide bonds. The van der Waals surface area contributed by atoms with Crippen LogP contribution in [0.1, 0.15) is 21.7 Å². The van der Waals surface area contributed by atoms with Gasteiger partial charge >= 0.3 is 0 Å². The zero-order valence-electron chi connectivity index (χ0n) is 12.8. The van der Waals surface area contributed by atoms with Crippen molar-refractivity contribution >= 4 is 50.2 Å². The molecule has 3 rings (SSSR count). The van der Waals surface area contributed by atoms with Crippen LogP contribution < -0.4 is 5.32 Å². The highest BCUT2D eigenvalue weighted by Gasteiger charge is 2.16. The molecule has 1 aromatic heterocycles. The summed E-state index contributed by atoms with van der Waals surface area (Å²) in [6.45, 7) is 3.58. The number of carbonyl (C=O) groups excluding carboxylic acids is 1. The molecule has 1 heterocycles. The molecule has 0 spiro atoms. The second kappa shape index (κ2) is 6.45. The number of hydrogen-bond donors (Lipinski definition) is 1. The van der Waals surface area contributed by atoms with Gasteiger partial charge in [0.15, 0.2) is 0 Å². The molecule has 0 radical (unpaired) electrons. The van der Waals surface area contributed by atoms with Crippen LogP contribution in [0.2, 0.25) is 5.02 Å². The number of halogens is 3. The number of aryl methyl sites for hydroxylation is 2. The van der Waals surface area contributed by atoms with Crippen LogP contribution in [0.4, 0.5) is 10.1 Å². The van der Waals surface area contributed by atoms with Crippen LogP contribution >= 0.6 is 27.5 Å². The summed E-state index contributed by atoms with van der Waals surface area (Å²) >= 11 is 9.41. The summed E-state index contributed by atoms with van der Waals surface area (Å²) in [5, 5.41) is 3.05. The summed E-state index contributed by atoms with van der Waals surface area (Å²) in [7, 11) is 0. The molecule has 0 fully saturated rings. The molecule has 0 unspecified atom stereocenters. The van der Waals surface area contributed by atoms with E-state index in [0.717, 1.165) is 10.5 Å². The van der Waals surface area contributed by atoms with Crippen molar-refractivity contribution < 1.29 is 9.18 Å². The maximum atomic E-state index is 13.9. The predicted molar refractivity (Wildman–Crippen MR) is 96.1 cm³/mol. The van der Waals surface area contributed by atoms with E-state index in [0.29, 0.717) is 33.1 Å². The SMILES string of the molecule is Cc1nc2cc(F)cc(C(=O)Nc3ccc(Br)cc3Cl)c2nc1C. The van der Waals surface area contributed by atoms with Crippen LogP contribution in [0, 0.1) is 19.7 Å². The van der Waals surface area contributed by atoms with Gasteiger partial charge in [-0.05, 0) is 38.1 Å². The van der Waals surface area contributed by atoms with E-state index in [1.807, 2.05) is 0 Å². The largest absolute Gasteiger partial charge is 0.321 e. The number of nitrogens with zero attached hydrogens (tertiary/aromatic N) is 2. The summed E-state index contributed by atoms with van der Waals surface area (Å²) in [6, 6.07) is 7.48.